The van der Waals surface area contributed by atoms with Gasteiger partial charge in [-0.05, 0) is 42.9 Å². The average molecular weight is 356 g/mol. The quantitative estimate of drug-likeness (QED) is 0.806. The first-order chi connectivity index (χ1) is 12.7. The Morgan fingerprint density at radius 3 is 2.65 bits per heavy atom. The molecule has 2 heterocycles. The molecule has 2 atom stereocenters. The van der Waals surface area contributed by atoms with Crippen molar-refractivity contribution in [1.29, 1.82) is 0 Å². The van der Waals surface area contributed by atoms with E-state index in [1.165, 1.54) is 37.7 Å². The number of ether oxygens (including phenoxy) is 2. The number of fused-ring (bicyclic) bond motifs is 1. The van der Waals surface area contributed by atoms with Gasteiger partial charge in [0.1, 0.15) is 12.4 Å². The monoisotopic (exact) mass is 356 g/mol. The predicted molar refractivity (Wildman–Crippen MR) is 100 cm³/mol. The van der Waals surface area contributed by atoms with Crippen LogP contribution in [0.25, 0.3) is 0 Å². The van der Waals surface area contributed by atoms with Crippen molar-refractivity contribution in [2.24, 2.45) is 10.9 Å². The lowest BCUT2D eigenvalue weighted by Gasteiger charge is -2.24. The fourth-order valence-electron chi connectivity index (χ4n) is 4.22. The number of hydrogen-bond acceptors (Lipinski definition) is 4. The number of rotatable bonds is 5. The van der Waals surface area contributed by atoms with Gasteiger partial charge < -0.3 is 14.4 Å². The zero-order valence-corrected chi connectivity index (χ0v) is 15.5. The highest BCUT2D eigenvalue weighted by atomic mass is 16.6. The second-order valence-corrected chi connectivity index (χ2v) is 7.70. The summed E-state index contributed by atoms with van der Waals surface area (Å²) in [5.74, 6) is 1.53. The molecule has 140 valence electrons. The lowest BCUT2D eigenvalue weighted by molar-refractivity contribution is -0.122. The van der Waals surface area contributed by atoms with Crippen molar-refractivity contribution < 1.29 is 14.3 Å². The van der Waals surface area contributed by atoms with Crippen molar-refractivity contribution in [3.8, 4) is 5.75 Å². The Balaban J connectivity index is 1.30. The van der Waals surface area contributed by atoms with Gasteiger partial charge in [0.2, 0.25) is 0 Å². The largest absolute Gasteiger partial charge is 0.490 e. The molecule has 1 aromatic carbocycles. The van der Waals surface area contributed by atoms with E-state index < -0.39 is 0 Å². The van der Waals surface area contributed by atoms with Crippen molar-refractivity contribution in [3.05, 3.63) is 29.8 Å². The van der Waals surface area contributed by atoms with Gasteiger partial charge >= 0.3 is 0 Å². The van der Waals surface area contributed by atoms with E-state index in [9.17, 15) is 4.79 Å². The Morgan fingerprint density at radius 1 is 1.15 bits per heavy atom. The van der Waals surface area contributed by atoms with Crippen LogP contribution in [0.2, 0.25) is 0 Å². The standard InChI is InChI=1S/C21H28N2O3/c1-2-15-12-23-13-19(26-21(23)22-20(15)24)14-25-18-10-8-17(9-11-18)16-6-4-3-5-7-16/h8-11,15-16,19H,2-7,12-14H2,1H3/t15-,19-/m0/s1. The molecule has 0 bridgehead atoms. The molecule has 4 rings (SSSR count). The smallest absolute Gasteiger partial charge is 0.295 e. The van der Waals surface area contributed by atoms with Gasteiger partial charge in [0.25, 0.3) is 11.9 Å². The molecule has 1 saturated heterocycles. The zero-order chi connectivity index (χ0) is 17.9. The third kappa shape index (κ3) is 3.71. The molecule has 0 radical (unpaired) electrons. The summed E-state index contributed by atoms with van der Waals surface area (Å²) in [6.45, 7) is 3.95. The van der Waals surface area contributed by atoms with Crippen LogP contribution in [0.15, 0.2) is 29.3 Å². The third-order valence-electron chi connectivity index (χ3n) is 5.85. The minimum Gasteiger partial charge on any atom is -0.490 e. The van der Waals surface area contributed by atoms with Crippen LogP contribution in [0.3, 0.4) is 0 Å². The van der Waals surface area contributed by atoms with Crippen molar-refractivity contribution in [3.63, 3.8) is 0 Å². The predicted octanol–water partition coefficient (Wildman–Crippen LogP) is 3.74. The molecule has 1 saturated carbocycles. The van der Waals surface area contributed by atoms with Gasteiger partial charge in [-0.3, -0.25) is 4.79 Å². The zero-order valence-electron chi connectivity index (χ0n) is 15.5. The second kappa shape index (κ2) is 7.68. The lowest BCUT2D eigenvalue weighted by Crippen LogP contribution is -2.39. The van der Waals surface area contributed by atoms with E-state index in [4.69, 9.17) is 9.47 Å². The molecule has 0 aromatic heterocycles. The van der Waals surface area contributed by atoms with Crippen molar-refractivity contribution in [1.82, 2.24) is 4.90 Å². The van der Waals surface area contributed by atoms with Crippen LogP contribution in [0, 0.1) is 5.92 Å². The number of amides is 1. The van der Waals surface area contributed by atoms with E-state index in [0.717, 1.165) is 18.7 Å². The summed E-state index contributed by atoms with van der Waals surface area (Å²) in [6, 6.07) is 9.03. The van der Waals surface area contributed by atoms with Gasteiger partial charge in [-0.15, -0.1) is 0 Å². The number of carbonyl (C=O) groups excluding carboxylic acids is 1. The van der Waals surface area contributed by atoms with Gasteiger partial charge in [0, 0.05) is 6.54 Å². The van der Waals surface area contributed by atoms with Crippen LogP contribution in [0.5, 0.6) is 5.75 Å². The highest BCUT2D eigenvalue weighted by molar-refractivity contribution is 5.94. The van der Waals surface area contributed by atoms with Crippen LogP contribution < -0.4 is 4.74 Å². The fraction of sp³-hybridized carbons (Fsp3) is 0.619. The number of nitrogens with zero attached hydrogens (tertiary/aromatic N) is 2. The molecule has 0 unspecified atom stereocenters. The maximum absolute atomic E-state index is 11.9. The third-order valence-corrected chi connectivity index (χ3v) is 5.85. The molecular formula is C21H28N2O3. The molecule has 2 fully saturated rings. The molecule has 3 aliphatic rings. The van der Waals surface area contributed by atoms with Crippen LogP contribution in [0.4, 0.5) is 0 Å². The van der Waals surface area contributed by atoms with E-state index in [2.05, 4.69) is 34.2 Å². The molecule has 0 N–H and O–H groups in total. The highest BCUT2D eigenvalue weighted by Crippen LogP contribution is 2.33. The summed E-state index contributed by atoms with van der Waals surface area (Å²) in [6.07, 6.45) is 7.45. The first kappa shape index (κ1) is 17.4. The van der Waals surface area contributed by atoms with Crippen molar-refractivity contribution in [2.45, 2.75) is 57.5 Å². The Hall–Kier alpha value is -2.04. The fourth-order valence-corrected chi connectivity index (χ4v) is 4.22. The summed E-state index contributed by atoms with van der Waals surface area (Å²) in [5.41, 5.74) is 1.43. The summed E-state index contributed by atoms with van der Waals surface area (Å²) < 4.78 is 11.7. The number of hydrogen-bond donors (Lipinski definition) is 0. The lowest BCUT2D eigenvalue weighted by atomic mass is 9.84. The normalized spacial score (nSPS) is 26.3. The summed E-state index contributed by atoms with van der Waals surface area (Å²) in [5, 5.41) is 0. The number of benzene rings is 1. The van der Waals surface area contributed by atoms with E-state index in [1.54, 1.807) is 0 Å². The summed E-state index contributed by atoms with van der Waals surface area (Å²) in [7, 11) is 0. The van der Waals surface area contributed by atoms with Gasteiger partial charge in [-0.2, -0.15) is 4.99 Å². The van der Waals surface area contributed by atoms with E-state index in [-0.39, 0.29) is 17.9 Å². The Morgan fingerprint density at radius 2 is 1.92 bits per heavy atom. The molecular weight excluding hydrogens is 328 g/mol. The maximum atomic E-state index is 11.9. The molecule has 1 aromatic rings. The maximum Gasteiger partial charge on any atom is 0.295 e. The van der Waals surface area contributed by atoms with Crippen LogP contribution in [0.1, 0.15) is 56.9 Å². The van der Waals surface area contributed by atoms with E-state index in [1.807, 2.05) is 6.92 Å². The number of amidine groups is 1. The van der Waals surface area contributed by atoms with Crippen LogP contribution in [-0.2, 0) is 9.53 Å². The highest BCUT2D eigenvalue weighted by Gasteiger charge is 2.37. The molecule has 0 spiro atoms. The van der Waals surface area contributed by atoms with Crippen LogP contribution >= 0.6 is 0 Å². The molecule has 26 heavy (non-hydrogen) atoms. The molecule has 5 heteroatoms. The van der Waals surface area contributed by atoms with Gasteiger partial charge in [-0.25, -0.2) is 0 Å². The Kier molecular flexibility index (Phi) is 5.14. The Labute approximate surface area is 155 Å². The molecule has 1 aliphatic carbocycles. The van der Waals surface area contributed by atoms with E-state index in [0.29, 0.717) is 25.1 Å². The minimum atomic E-state index is -0.0739. The molecule has 2 aliphatic heterocycles. The second-order valence-electron chi connectivity index (χ2n) is 7.70. The van der Waals surface area contributed by atoms with Gasteiger partial charge in [0.05, 0.1) is 12.5 Å². The topological polar surface area (TPSA) is 51.1 Å². The number of carbonyl (C=O) groups is 1. The number of aliphatic imine (C=N–C) groups is 1. The minimum absolute atomic E-state index is 0.00523. The van der Waals surface area contributed by atoms with Gasteiger partial charge in [-0.1, -0.05) is 38.3 Å². The van der Waals surface area contributed by atoms with Crippen LogP contribution in [-0.4, -0.2) is 42.6 Å². The first-order valence-corrected chi connectivity index (χ1v) is 10.00. The van der Waals surface area contributed by atoms with E-state index >= 15 is 0 Å². The summed E-state index contributed by atoms with van der Waals surface area (Å²) in [4.78, 5) is 18.0. The average Bonchev–Trinajstić information content (AvgIpc) is 3.08. The molecule has 5 nitrogen and oxygen atoms in total. The molecule has 1 amide bonds. The van der Waals surface area contributed by atoms with Crippen molar-refractivity contribution in [2.75, 3.05) is 19.7 Å². The summed E-state index contributed by atoms with van der Waals surface area (Å²) >= 11 is 0. The van der Waals surface area contributed by atoms with Gasteiger partial charge in [0.15, 0.2) is 6.10 Å². The SMILES string of the molecule is CC[C@H]1CN2C[C@@H](COc3ccc(C4CCCCC4)cc3)OC2=NC1=O. The van der Waals surface area contributed by atoms with Crippen molar-refractivity contribution >= 4 is 11.9 Å². The first-order valence-electron chi connectivity index (χ1n) is 10.00. The Bertz CT molecular complexity index is 664.